The molecule has 126 valence electrons. The first-order chi connectivity index (χ1) is 11.0. The fraction of sp³-hybridized carbons (Fsp3) is 0.533. The molecule has 0 spiro atoms. The van der Waals surface area contributed by atoms with Crippen LogP contribution in [-0.4, -0.2) is 42.1 Å². The van der Waals surface area contributed by atoms with Crippen molar-refractivity contribution in [3.63, 3.8) is 0 Å². The van der Waals surface area contributed by atoms with Gasteiger partial charge in [0, 0.05) is 18.0 Å². The lowest BCUT2D eigenvalue weighted by atomic mass is 10.2. The minimum Gasteiger partial charge on any atom is -0.481 e. The molecular formula is C15H20N2O5S. The number of aryl methyl sites for hydroxylation is 1. The average Bonchev–Trinajstić information content (AvgIpc) is 3.16. The largest absolute Gasteiger partial charge is 0.481 e. The second-order valence-corrected chi connectivity index (χ2v) is 6.34. The minimum atomic E-state index is -0.975. The molecule has 0 aliphatic carbocycles. The third kappa shape index (κ3) is 4.77. The van der Waals surface area contributed by atoms with Gasteiger partial charge in [0.15, 0.2) is 0 Å². The minimum absolute atomic E-state index is 0.0462. The molecule has 7 nitrogen and oxygen atoms in total. The molecule has 0 aromatic carbocycles. The van der Waals surface area contributed by atoms with E-state index < -0.39 is 12.1 Å². The number of thiophene rings is 1. The van der Waals surface area contributed by atoms with Crippen LogP contribution in [0.5, 0.6) is 0 Å². The number of hydrogen-bond donors (Lipinski definition) is 3. The highest BCUT2D eigenvalue weighted by atomic mass is 32.1. The smallest absolute Gasteiger partial charge is 0.305 e. The first-order valence-corrected chi connectivity index (χ1v) is 8.38. The van der Waals surface area contributed by atoms with Crippen molar-refractivity contribution in [2.45, 2.75) is 38.7 Å². The lowest BCUT2D eigenvalue weighted by Gasteiger charge is -2.10. The third-order valence-electron chi connectivity index (χ3n) is 3.46. The van der Waals surface area contributed by atoms with E-state index >= 15 is 0 Å². The Morgan fingerprint density at radius 3 is 2.83 bits per heavy atom. The summed E-state index contributed by atoms with van der Waals surface area (Å²) in [5, 5.41) is 14.4. The molecule has 2 amide bonds. The number of ether oxygens (including phenoxy) is 1. The predicted molar refractivity (Wildman–Crippen MR) is 85.9 cm³/mol. The molecule has 1 aliphatic heterocycles. The normalized spacial score (nSPS) is 17.0. The summed E-state index contributed by atoms with van der Waals surface area (Å²) in [5.41, 5.74) is 0.364. The number of carboxylic acid groups (broad SMARTS) is 1. The molecule has 23 heavy (non-hydrogen) atoms. The maximum atomic E-state index is 12.2. The summed E-state index contributed by atoms with van der Waals surface area (Å²) >= 11 is 1.35. The van der Waals surface area contributed by atoms with Crippen LogP contribution in [0.4, 0.5) is 5.00 Å². The topological polar surface area (TPSA) is 105 Å². The second-order valence-electron chi connectivity index (χ2n) is 5.20. The molecule has 0 bridgehead atoms. The number of rotatable bonds is 7. The summed E-state index contributed by atoms with van der Waals surface area (Å²) in [6.45, 7) is 2.58. The number of aliphatic carboxylic acids is 1. The zero-order valence-corrected chi connectivity index (χ0v) is 13.7. The predicted octanol–water partition coefficient (Wildman–Crippen LogP) is 1.63. The van der Waals surface area contributed by atoms with Gasteiger partial charge in [-0.25, -0.2) is 0 Å². The van der Waals surface area contributed by atoms with Crippen LogP contribution in [0.3, 0.4) is 0 Å². The molecule has 0 radical (unpaired) electrons. The van der Waals surface area contributed by atoms with Crippen molar-refractivity contribution >= 4 is 34.1 Å². The van der Waals surface area contributed by atoms with E-state index in [4.69, 9.17) is 9.84 Å². The highest BCUT2D eigenvalue weighted by Crippen LogP contribution is 2.29. The van der Waals surface area contributed by atoms with Gasteiger partial charge in [-0.05, 0) is 25.3 Å². The van der Waals surface area contributed by atoms with E-state index in [1.165, 1.54) is 11.3 Å². The second kappa shape index (κ2) is 8.07. The summed E-state index contributed by atoms with van der Waals surface area (Å²) in [6.07, 6.45) is 1.66. The van der Waals surface area contributed by atoms with E-state index in [0.29, 0.717) is 23.6 Å². The van der Waals surface area contributed by atoms with Crippen LogP contribution in [0.1, 0.15) is 41.4 Å². The van der Waals surface area contributed by atoms with Crippen molar-refractivity contribution in [1.82, 2.24) is 5.32 Å². The Kier molecular flexibility index (Phi) is 6.12. The number of carboxylic acids is 1. The van der Waals surface area contributed by atoms with Gasteiger partial charge in [0.05, 0.1) is 12.0 Å². The summed E-state index contributed by atoms with van der Waals surface area (Å²) < 4.78 is 5.34. The maximum absolute atomic E-state index is 12.2. The van der Waals surface area contributed by atoms with Gasteiger partial charge in [0.1, 0.15) is 11.1 Å². The van der Waals surface area contributed by atoms with Crippen molar-refractivity contribution < 1.29 is 24.2 Å². The Morgan fingerprint density at radius 1 is 1.43 bits per heavy atom. The number of carbonyl (C=O) groups is 3. The summed E-state index contributed by atoms with van der Waals surface area (Å²) in [6, 6.07) is 1.73. The molecule has 1 fully saturated rings. The lowest BCUT2D eigenvalue weighted by Crippen LogP contribution is -2.29. The molecule has 1 aromatic rings. The Labute approximate surface area is 138 Å². The molecule has 1 aromatic heterocycles. The van der Waals surface area contributed by atoms with Crippen molar-refractivity contribution in [2.75, 3.05) is 18.5 Å². The fourth-order valence-electron chi connectivity index (χ4n) is 2.23. The van der Waals surface area contributed by atoms with Gasteiger partial charge in [-0.3, -0.25) is 14.4 Å². The molecule has 1 aliphatic rings. The molecule has 2 heterocycles. The van der Waals surface area contributed by atoms with Crippen molar-refractivity contribution in [2.24, 2.45) is 0 Å². The molecule has 2 rings (SSSR count). The molecule has 0 saturated carbocycles. The standard InChI is InChI=1S/C15H20N2O5S/c1-2-9-8-10(13(20)16-6-5-12(18)19)15(23-9)17-14(21)11-4-3-7-22-11/h8,11H,2-7H2,1H3,(H,16,20)(H,17,21)(H,18,19). The molecule has 8 heteroatoms. The molecule has 1 atom stereocenters. The van der Waals surface area contributed by atoms with Gasteiger partial charge >= 0.3 is 5.97 Å². The lowest BCUT2D eigenvalue weighted by molar-refractivity contribution is -0.136. The Bertz CT molecular complexity index is 593. The van der Waals surface area contributed by atoms with Gasteiger partial charge < -0.3 is 20.5 Å². The van der Waals surface area contributed by atoms with E-state index in [1.807, 2.05) is 6.92 Å². The Morgan fingerprint density at radius 2 is 2.22 bits per heavy atom. The van der Waals surface area contributed by atoms with Gasteiger partial charge in [-0.2, -0.15) is 0 Å². The van der Waals surface area contributed by atoms with Crippen LogP contribution < -0.4 is 10.6 Å². The quantitative estimate of drug-likeness (QED) is 0.700. The fourth-order valence-corrected chi connectivity index (χ4v) is 3.23. The average molecular weight is 340 g/mol. The maximum Gasteiger partial charge on any atom is 0.305 e. The van der Waals surface area contributed by atoms with E-state index in [9.17, 15) is 14.4 Å². The van der Waals surface area contributed by atoms with E-state index in [2.05, 4.69) is 10.6 Å². The first kappa shape index (κ1) is 17.4. The van der Waals surface area contributed by atoms with Crippen LogP contribution >= 0.6 is 11.3 Å². The Balaban J connectivity index is 2.05. The zero-order valence-electron chi connectivity index (χ0n) is 12.9. The van der Waals surface area contributed by atoms with Crippen LogP contribution in [0, 0.1) is 0 Å². The number of hydrogen-bond acceptors (Lipinski definition) is 5. The van der Waals surface area contributed by atoms with Crippen LogP contribution in [0.25, 0.3) is 0 Å². The molecule has 1 unspecified atom stereocenters. The third-order valence-corrected chi connectivity index (χ3v) is 4.65. The first-order valence-electron chi connectivity index (χ1n) is 7.56. The van der Waals surface area contributed by atoms with Gasteiger partial charge in [0.25, 0.3) is 11.8 Å². The molecular weight excluding hydrogens is 320 g/mol. The van der Waals surface area contributed by atoms with E-state index in [1.54, 1.807) is 6.07 Å². The number of nitrogens with one attached hydrogen (secondary N) is 2. The molecule has 1 saturated heterocycles. The van der Waals surface area contributed by atoms with Gasteiger partial charge in [0.2, 0.25) is 0 Å². The van der Waals surface area contributed by atoms with E-state index in [-0.39, 0.29) is 24.8 Å². The van der Waals surface area contributed by atoms with Crippen molar-refractivity contribution in [3.05, 3.63) is 16.5 Å². The van der Waals surface area contributed by atoms with Gasteiger partial charge in [-0.1, -0.05) is 6.92 Å². The Hall–Kier alpha value is -1.93. The van der Waals surface area contributed by atoms with Gasteiger partial charge in [-0.15, -0.1) is 11.3 Å². The zero-order chi connectivity index (χ0) is 16.8. The van der Waals surface area contributed by atoms with Crippen molar-refractivity contribution in [3.8, 4) is 0 Å². The van der Waals surface area contributed by atoms with E-state index in [0.717, 1.165) is 17.7 Å². The highest BCUT2D eigenvalue weighted by molar-refractivity contribution is 7.16. The van der Waals surface area contributed by atoms with Crippen LogP contribution in [-0.2, 0) is 20.7 Å². The van der Waals surface area contributed by atoms with Crippen molar-refractivity contribution in [1.29, 1.82) is 0 Å². The summed E-state index contributed by atoms with van der Waals surface area (Å²) in [5.74, 6) is -1.60. The highest BCUT2D eigenvalue weighted by Gasteiger charge is 2.26. The monoisotopic (exact) mass is 340 g/mol. The molecule has 3 N–H and O–H groups in total. The summed E-state index contributed by atoms with van der Waals surface area (Å²) in [7, 11) is 0. The number of carbonyl (C=O) groups excluding carboxylic acids is 2. The van der Waals surface area contributed by atoms with Crippen LogP contribution in [0.15, 0.2) is 6.07 Å². The number of anilines is 1. The SMILES string of the molecule is CCc1cc(C(=O)NCCC(=O)O)c(NC(=O)C2CCCO2)s1. The summed E-state index contributed by atoms with van der Waals surface area (Å²) in [4.78, 5) is 35.8. The van der Waals surface area contributed by atoms with Crippen LogP contribution in [0.2, 0.25) is 0 Å². The number of amides is 2.